The lowest BCUT2D eigenvalue weighted by atomic mass is 9.84. The summed E-state index contributed by atoms with van der Waals surface area (Å²) < 4.78 is 46.8. The van der Waals surface area contributed by atoms with Crippen molar-refractivity contribution in [1.82, 2.24) is 10.2 Å². The second-order valence-corrected chi connectivity index (χ2v) is 9.17. The van der Waals surface area contributed by atoms with Crippen molar-refractivity contribution in [2.75, 3.05) is 6.54 Å². The number of nitriles is 1. The monoisotopic (exact) mass is 473 g/mol. The third-order valence-electron chi connectivity index (χ3n) is 5.41. The Morgan fingerprint density at radius 1 is 1.06 bits per heavy atom. The van der Waals surface area contributed by atoms with Crippen LogP contribution in [-0.4, -0.2) is 47.3 Å². The molecule has 2 aromatic rings. The number of alkyl halides is 1. The maximum absolute atomic E-state index is 14.1. The number of hydrogen-bond acceptors (Lipinski definition) is 4. The molecule has 0 bridgehead atoms. The maximum Gasteiger partial charge on any atom is 0.408 e. The first kappa shape index (κ1) is 25.1. The van der Waals surface area contributed by atoms with Crippen molar-refractivity contribution in [2.24, 2.45) is 0 Å². The molecule has 1 heterocycles. The molecule has 0 saturated carbocycles. The number of amides is 2. The minimum absolute atomic E-state index is 0.140. The zero-order chi connectivity index (χ0) is 25.0. The van der Waals surface area contributed by atoms with Crippen molar-refractivity contribution in [3.63, 3.8) is 0 Å². The number of alkyl carbamates (subject to hydrolysis) is 1. The van der Waals surface area contributed by atoms with Gasteiger partial charge in [0.25, 0.3) is 0 Å². The van der Waals surface area contributed by atoms with Gasteiger partial charge in [-0.15, -0.1) is 0 Å². The molecule has 6 nitrogen and oxygen atoms in total. The van der Waals surface area contributed by atoms with Crippen LogP contribution in [0.3, 0.4) is 0 Å². The highest BCUT2D eigenvalue weighted by Gasteiger charge is 2.42. The minimum atomic E-state index is -1.38. The maximum atomic E-state index is 14.1. The number of carbonyl (C=O) groups is 2. The standard InChI is InChI=1S/C25H26F3N3O3/c1-25(2,3)34-24(33)30-22(23(32)31-14-19(28)12-20(31)13-29)21(15-4-8-17(26)9-5-15)16-6-10-18(27)11-7-16/h4-11,19-22H,12,14H2,1-3H3,(H,30,33)/t19-,20-,22-/m0/s1. The van der Waals surface area contributed by atoms with E-state index in [0.29, 0.717) is 11.1 Å². The molecule has 1 N–H and O–H groups in total. The number of carbonyl (C=O) groups excluding carboxylic acids is 2. The molecular weight excluding hydrogens is 447 g/mol. The van der Waals surface area contributed by atoms with E-state index in [2.05, 4.69) is 5.32 Å². The Balaban J connectivity index is 2.09. The van der Waals surface area contributed by atoms with Crippen molar-refractivity contribution in [3.8, 4) is 6.07 Å². The average Bonchev–Trinajstić information content (AvgIpc) is 3.14. The average molecular weight is 473 g/mol. The molecule has 1 fully saturated rings. The first-order chi connectivity index (χ1) is 16.0. The van der Waals surface area contributed by atoms with Crippen molar-refractivity contribution >= 4 is 12.0 Å². The normalized spacial score (nSPS) is 18.9. The summed E-state index contributed by atoms with van der Waals surface area (Å²) in [4.78, 5) is 27.5. The molecule has 0 radical (unpaired) electrons. The van der Waals surface area contributed by atoms with Crippen LogP contribution in [0.2, 0.25) is 0 Å². The Morgan fingerprint density at radius 3 is 2.00 bits per heavy atom. The van der Waals surface area contributed by atoms with E-state index in [1.165, 1.54) is 48.5 Å². The van der Waals surface area contributed by atoms with E-state index in [1.54, 1.807) is 20.8 Å². The van der Waals surface area contributed by atoms with Gasteiger partial charge >= 0.3 is 6.09 Å². The van der Waals surface area contributed by atoms with Gasteiger partial charge in [-0.05, 0) is 56.2 Å². The molecular formula is C25H26F3N3O3. The zero-order valence-corrected chi connectivity index (χ0v) is 19.1. The summed E-state index contributed by atoms with van der Waals surface area (Å²) in [6.07, 6.45) is -2.42. The third kappa shape index (κ3) is 6.07. The predicted molar refractivity (Wildman–Crippen MR) is 118 cm³/mol. The van der Waals surface area contributed by atoms with E-state index in [9.17, 15) is 28.0 Å². The molecule has 34 heavy (non-hydrogen) atoms. The fourth-order valence-corrected chi connectivity index (χ4v) is 3.97. The lowest BCUT2D eigenvalue weighted by Gasteiger charge is -2.33. The summed E-state index contributed by atoms with van der Waals surface area (Å²) in [5.74, 6) is -2.61. The van der Waals surface area contributed by atoms with Gasteiger partial charge in [-0.25, -0.2) is 18.0 Å². The van der Waals surface area contributed by atoms with Gasteiger partial charge in [-0.2, -0.15) is 5.26 Å². The molecule has 0 aliphatic carbocycles. The Hall–Kier alpha value is -3.54. The largest absolute Gasteiger partial charge is 0.444 e. The van der Waals surface area contributed by atoms with E-state index >= 15 is 0 Å². The molecule has 2 amide bonds. The van der Waals surface area contributed by atoms with E-state index in [1.807, 2.05) is 6.07 Å². The van der Waals surface area contributed by atoms with Crippen molar-refractivity contribution in [3.05, 3.63) is 71.3 Å². The predicted octanol–water partition coefficient (Wildman–Crippen LogP) is 4.45. The topological polar surface area (TPSA) is 82.4 Å². The van der Waals surface area contributed by atoms with Crippen LogP contribution in [0.25, 0.3) is 0 Å². The van der Waals surface area contributed by atoms with Crippen molar-refractivity contribution < 1.29 is 27.5 Å². The lowest BCUT2D eigenvalue weighted by Crippen LogP contribution is -2.53. The van der Waals surface area contributed by atoms with Gasteiger partial charge in [0.15, 0.2) is 0 Å². The van der Waals surface area contributed by atoms with E-state index < -0.39 is 53.4 Å². The van der Waals surface area contributed by atoms with Gasteiger partial charge in [0.1, 0.15) is 35.5 Å². The zero-order valence-electron chi connectivity index (χ0n) is 19.1. The first-order valence-corrected chi connectivity index (χ1v) is 10.8. The molecule has 1 saturated heterocycles. The molecule has 0 unspecified atom stereocenters. The Bertz CT molecular complexity index is 1020. The SMILES string of the molecule is CC(C)(C)OC(=O)N[C@H](C(=O)N1C[C@@H](F)C[C@H]1C#N)C(c1ccc(F)cc1)c1ccc(F)cc1. The third-order valence-corrected chi connectivity index (χ3v) is 5.41. The summed E-state index contributed by atoms with van der Waals surface area (Å²) >= 11 is 0. The van der Waals surface area contributed by atoms with Gasteiger partial charge < -0.3 is 15.0 Å². The van der Waals surface area contributed by atoms with Gasteiger partial charge in [-0.3, -0.25) is 4.79 Å². The minimum Gasteiger partial charge on any atom is -0.444 e. The number of hydrogen-bond donors (Lipinski definition) is 1. The van der Waals surface area contributed by atoms with Crippen LogP contribution in [0.1, 0.15) is 44.2 Å². The Labute approximate surface area is 196 Å². The van der Waals surface area contributed by atoms with Crippen molar-refractivity contribution in [2.45, 2.75) is 57.0 Å². The number of nitrogens with zero attached hydrogens (tertiary/aromatic N) is 2. The molecule has 1 aliphatic heterocycles. The highest BCUT2D eigenvalue weighted by molar-refractivity contribution is 5.88. The fourth-order valence-electron chi connectivity index (χ4n) is 3.97. The van der Waals surface area contributed by atoms with Gasteiger partial charge in [0.2, 0.25) is 5.91 Å². The second kappa shape index (κ2) is 10.2. The Morgan fingerprint density at radius 2 is 1.56 bits per heavy atom. The second-order valence-electron chi connectivity index (χ2n) is 9.17. The molecule has 3 rings (SSSR count). The Kier molecular flexibility index (Phi) is 7.50. The van der Waals surface area contributed by atoms with Crippen LogP contribution in [0, 0.1) is 23.0 Å². The molecule has 3 atom stereocenters. The number of nitrogens with one attached hydrogen (secondary N) is 1. The smallest absolute Gasteiger partial charge is 0.408 e. The van der Waals surface area contributed by atoms with Crippen LogP contribution in [0.15, 0.2) is 48.5 Å². The summed E-state index contributed by atoms with van der Waals surface area (Å²) in [5, 5.41) is 12.0. The molecule has 0 aromatic heterocycles. The number of likely N-dealkylation sites (tertiary alicyclic amines) is 1. The summed E-state index contributed by atoms with van der Waals surface area (Å²) in [6.45, 7) is 4.66. The summed E-state index contributed by atoms with van der Waals surface area (Å²) in [6, 6.07) is 10.2. The summed E-state index contributed by atoms with van der Waals surface area (Å²) in [5.41, 5.74) is 0.0325. The van der Waals surface area contributed by atoms with E-state index in [0.717, 1.165) is 4.90 Å². The number of halogens is 3. The van der Waals surface area contributed by atoms with E-state index in [-0.39, 0.29) is 13.0 Å². The van der Waals surface area contributed by atoms with Crippen LogP contribution in [0.5, 0.6) is 0 Å². The molecule has 1 aliphatic rings. The lowest BCUT2D eigenvalue weighted by molar-refractivity contribution is -0.134. The number of benzene rings is 2. The van der Waals surface area contributed by atoms with Crippen LogP contribution in [-0.2, 0) is 9.53 Å². The fraction of sp³-hybridized carbons (Fsp3) is 0.400. The highest BCUT2D eigenvalue weighted by Crippen LogP contribution is 2.32. The molecule has 9 heteroatoms. The molecule has 2 aromatic carbocycles. The number of rotatable bonds is 5. The quantitative estimate of drug-likeness (QED) is 0.696. The van der Waals surface area contributed by atoms with Crippen LogP contribution >= 0.6 is 0 Å². The van der Waals surface area contributed by atoms with Gasteiger partial charge in [0.05, 0.1) is 12.6 Å². The first-order valence-electron chi connectivity index (χ1n) is 10.8. The molecule has 180 valence electrons. The number of ether oxygens (including phenoxy) is 1. The summed E-state index contributed by atoms with van der Waals surface area (Å²) in [7, 11) is 0. The van der Waals surface area contributed by atoms with Gasteiger partial charge in [-0.1, -0.05) is 24.3 Å². The van der Waals surface area contributed by atoms with Crippen LogP contribution in [0.4, 0.5) is 18.0 Å². The van der Waals surface area contributed by atoms with Gasteiger partial charge in [0, 0.05) is 12.3 Å². The highest BCUT2D eigenvalue weighted by atomic mass is 19.1. The molecule has 0 spiro atoms. The van der Waals surface area contributed by atoms with Crippen LogP contribution < -0.4 is 5.32 Å². The van der Waals surface area contributed by atoms with Crippen molar-refractivity contribution in [1.29, 1.82) is 5.26 Å². The van der Waals surface area contributed by atoms with E-state index in [4.69, 9.17) is 4.74 Å².